The lowest BCUT2D eigenvalue weighted by Gasteiger charge is -2.23. The molecule has 1 fully saturated rings. The Morgan fingerprint density at radius 2 is 1.65 bits per heavy atom. The SMILES string of the molecule is Cc1ccc(OCC(=O)N2CCCN(C(=O)c3ccccc3C(F)(F)F)CC2)c(C)c1. The normalized spacial score (nSPS) is 14.9. The van der Waals surface area contributed by atoms with Crippen LogP contribution in [-0.4, -0.2) is 54.4 Å². The average molecular weight is 434 g/mol. The highest BCUT2D eigenvalue weighted by atomic mass is 19.4. The van der Waals surface area contributed by atoms with E-state index in [1.165, 1.54) is 23.1 Å². The van der Waals surface area contributed by atoms with Gasteiger partial charge in [0.05, 0.1) is 11.1 Å². The Hall–Kier alpha value is -3.03. The number of carbonyl (C=O) groups is 2. The van der Waals surface area contributed by atoms with Gasteiger partial charge in [-0.05, 0) is 44.0 Å². The Balaban J connectivity index is 1.61. The number of ether oxygens (including phenoxy) is 1. The van der Waals surface area contributed by atoms with Crippen LogP contribution in [0.3, 0.4) is 0 Å². The monoisotopic (exact) mass is 434 g/mol. The van der Waals surface area contributed by atoms with Crippen LogP contribution in [0.1, 0.15) is 33.5 Å². The van der Waals surface area contributed by atoms with Gasteiger partial charge in [-0.15, -0.1) is 0 Å². The second kappa shape index (κ2) is 9.41. The number of hydrogen-bond acceptors (Lipinski definition) is 3. The van der Waals surface area contributed by atoms with Gasteiger partial charge in [-0.3, -0.25) is 9.59 Å². The van der Waals surface area contributed by atoms with Crippen LogP contribution < -0.4 is 4.74 Å². The first kappa shape index (κ1) is 22.7. The first-order valence-electron chi connectivity index (χ1n) is 10.1. The highest BCUT2D eigenvalue weighted by molar-refractivity contribution is 5.96. The van der Waals surface area contributed by atoms with Gasteiger partial charge < -0.3 is 14.5 Å². The molecule has 8 heteroatoms. The molecule has 3 rings (SSSR count). The number of rotatable bonds is 4. The van der Waals surface area contributed by atoms with E-state index in [0.717, 1.165) is 17.2 Å². The minimum atomic E-state index is -4.61. The van der Waals surface area contributed by atoms with E-state index in [2.05, 4.69) is 0 Å². The summed E-state index contributed by atoms with van der Waals surface area (Å²) in [5, 5.41) is 0. The van der Waals surface area contributed by atoms with Gasteiger partial charge >= 0.3 is 6.18 Å². The van der Waals surface area contributed by atoms with Gasteiger partial charge in [-0.1, -0.05) is 29.8 Å². The summed E-state index contributed by atoms with van der Waals surface area (Å²) in [5.41, 5.74) is 0.719. The van der Waals surface area contributed by atoms with Gasteiger partial charge in [-0.2, -0.15) is 13.2 Å². The highest BCUT2D eigenvalue weighted by Gasteiger charge is 2.36. The molecular formula is C23H25F3N2O3. The van der Waals surface area contributed by atoms with Crippen LogP contribution in [0, 0.1) is 13.8 Å². The summed E-state index contributed by atoms with van der Waals surface area (Å²) >= 11 is 0. The van der Waals surface area contributed by atoms with Crippen molar-refractivity contribution in [1.82, 2.24) is 9.80 Å². The number of amides is 2. The third-order valence-electron chi connectivity index (χ3n) is 5.28. The summed E-state index contributed by atoms with van der Waals surface area (Å²) in [5.74, 6) is -0.256. The van der Waals surface area contributed by atoms with Gasteiger partial charge in [0, 0.05) is 26.2 Å². The maximum absolute atomic E-state index is 13.3. The summed E-state index contributed by atoms with van der Waals surface area (Å²) in [6.45, 7) is 4.86. The standard InChI is InChI=1S/C23H25F3N2O3/c1-16-8-9-20(17(2)14-16)31-15-21(29)27-10-5-11-28(13-12-27)22(30)18-6-3-4-7-19(18)23(24,25)26/h3-4,6-9,14H,5,10-13,15H2,1-2H3. The van der Waals surface area contributed by atoms with Gasteiger partial charge in [0.25, 0.3) is 11.8 Å². The van der Waals surface area contributed by atoms with Crippen molar-refractivity contribution < 1.29 is 27.5 Å². The Kier molecular flexibility index (Phi) is 6.87. The number of hydrogen-bond donors (Lipinski definition) is 0. The minimum Gasteiger partial charge on any atom is -0.484 e. The van der Waals surface area contributed by atoms with Crippen molar-refractivity contribution in [3.8, 4) is 5.75 Å². The molecule has 2 aromatic carbocycles. The molecule has 0 bridgehead atoms. The van der Waals surface area contributed by atoms with Crippen molar-refractivity contribution in [2.45, 2.75) is 26.4 Å². The molecule has 0 N–H and O–H groups in total. The van der Waals surface area contributed by atoms with Crippen LogP contribution >= 0.6 is 0 Å². The summed E-state index contributed by atoms with van der Waals surface area (Å²) in [7, 11) is 0. The van der Waals surface area contributed by atoms with E-state index in [4.69, 9.17) is 4.74 Å². The molecule has 0 aromatic heterocycles. The number of alkyl halides is 3. The molecule has 0 spiro atoms. The lowest BCUT2D eigenvalue weighted by molar-refractivity contribution is -0.138. The molecule has 166 valence electrons. The molecule has 1 heterocycles. The first-order valence-corrected chi connectivity index (χ1v) is 10.1. The Morgan fingerprint density at radius 1 is 0.968 bits per heavy atom. The molecule has 0 radical (unpaired) electrons. The van der Waals surface area contributed by atoms with Crippen LogP contribution in [0.5, 0.6) is 5.75 Å². The number of aryl methyl sites for hydroxylation is 2. The fourth-order valence-electron chi connectivity index (χ4n) is 3.65. The Morgan fingerprint density at radius 3 is 2.35 bits per heavy atom. The zero-order chi connectivity index (χ0) is 22.6. The van der Waals surface area contributed by atoms with Gasteiger partial charge in [0.2, 0.25) is 0 Å². The van der Waals surface area contributed by atoms with Crippen LogP contribution in [0.15, 0.2) is 42.5 Å². The van der Waals surface area contributed by atoms with E-state index < -0.39 is 17.6 Å². The summed E-state index contributed by atoms with van der Waals surface area (Å²) < 4.78 is 45.4. The Labute approximate surface area is 179 Å². The van der Waals surface area contributed by atoms with Crippen molar-refractivity contribution in [3.05, 3.63) is 64.7 Å². The third-order valence-corrected chi connectivity index (χ3v) is 5.28. The molecule has 0 atom stereocenters. The largest absolute Gasteiger partial charge is 0.484 e. The van der Waals surface area contributed by atoms with Gasteiger partial charge in [0.15, 0.2) is 6.61 Å². The molecule has 5 nitrogen and oxygen atoms in total. The van der Waals surface area contributed by atoms with Crippen molar-refractivity contribution in [2.24, 2.45) is 0 Å². The highest BCUT2D eigenvalue weighted by Crippen LogP contribution is 2.32. The second-order valence-corrected chi connectivity index (χ2v) is 7.63. The number of halogens is 3. The van der Waals surface area contributed by atoms with Crippen molar-refractivity contribution in [1.29, 1.82) is 0 Å². The lowest BCUT2D eigenvalue weighted by Crippen LogP contribution is -2.39. The topological polar surface area (TPSA) is 49.9 Å². The predicted molar refractivity (Wildman–Crippen MR) is 110 cm³/mol. The quantitative estimate of drug-likeness (QED) is 0.729. The number of carbonyl (C=O) groups excluding carboxylic acids is 2. The number of benzene rings is 2. The molecular weight excluding hydrogens is 409 g/mol. The fourth-order valence-corrected chi connectivity index (χ4v) is 3.65. The summed E-state index contributed by atoms with van der Waals surface area (Å²) in [6.07, 6.45) is -4.12. The number of nitrogens with zero attached hydrogens (tertiary/aromatic N) is 2. The molecule has 0 aliphatic carbocycles. The van der Waals surface area contributed by atoms with Crippen LogP contribution in [0.4, 0.5) is 13.2 Å². The minimum absolute atomic E-state index is 0.130. The van der Waals surface area contributed by atoms with E-state index in [1.807, 2.05) is 32.0 Å². The first-order chi connectivity index (χ1) is 14.7. The van der Waals surface area contributed by atoms with E-state index in [9.17, 15) is 22.8 Å². The van der Waals surface area contributed by atoms with E-state index in [0.29, 0.717) is 18.7 Å². The molecule has 31 heavy (non-hydrogen) atoms. The molecule has 1 saturated heterocycles. The fraction of sp³-hybridized carbons (Fsp3) is 0.391. The zero-order valence-corrected chi connectivity index (χ0v) is 17.5. The smallest absolute Gasteiger partial charge is 0.417 e. The van der Waals surface area contributed by atoms with Gasteiger partial charge in [0.1, 0.15) is 5.75 Å². The molecule has 1 aliphatic heterocycles. The van der Waals surface area contributed by atoms with Crippen molar-refractivity contribution in [2.75, 3.05) is 32.8 Å². The predicted octanol–water partition coefficient (Wildman–Crippen LogP) is 4.08. The molecule has 1 aliphatic rings. The molecule has 0 saturated carbocycles. The van der Waals surface area contributed by atoms with Crippen LogP contribution in [-0.2, 0) is 11.0 Å². The molecule has 2 aromatic rings. The van der Waals surface area contributed by atoms with E-state index in [1.54, 1.807) is 4.90 Å². The zero-order valence-electron chi connectivity index (χ0n) is 17.5. The summed E-state index contributed by atoms with van der Waals surface area (Å²) in [6, 6.07) is 10.5. The van der Waals surface area contributed by atoms with Crippen molar-refractivity contribution in [3.63, 3.8) is 0 Å². The van der Waals surface area contributed by atoms with E-state index >= 15 is 0 Å². The lowest BCUT2D eigenvalue weighted by atomic mass is 10.1. The molecule has 0 unspecified atom stereocenters. The van der Waals surface area contributed by atoms with Crippen LogP contribution in [0.25, 0.3) is 0 Å². The van der Waals surface area contributed by atoms with Crippen molar-refractivity contribution >= 4 is 11.8 Å². The summed E-state index contributed by atoms with van der Waals surface area (Å²) in [4.78, 5) is 28.3. The van der Waals surface area contributed by atoms with Gasteiger partial charge in [-0.25, -0.2) is 0 Å². The Bertz CT molecular complexity index is 959. The molecule has 2 amide bonds. The maximum atomic E-state index is 13.3. The average Bonchev–Trinajstić information content (AvgIpc) is 2.98. The van der Waals surface area contributed by atoms with E-state index in [-0.39, 0.29) is 37.7 Å². The second-order valence-electron chi connectivity index (χ2n) is 7.63. The van der Waals surface area contributed by atoms with Crippen LogP contribution in [0.2, 0.25) is 0 Å². The maximum Gasteiger partial charge on any atom is 0.417 e. The third kappa shape index (κ3) is 5.57.